The number of para-hydroxylation sites is 2. The fourth-order valence-corrected chi connectivity index (χ4v) is 18.5. The number of carbonyl (C=O) groups excluding carboxylic acids is 2. The van der Waals surface area contributed by atoms with Gasteiger partial charge in [0.25, 0.3) is 0 Å². The van der Waals surface area contributed by atoms with Gasteiger partial charge in [0.15, 0.2) is 25.9 Å². The van der Waals surface area contributed by atoms with Crippen LogP contribution in [0.1, 0.15) is 92.9 Å². The number of carbonyl (C=O) groups is 2. The number of nitrogens with zero attached hydrogens (tertiary/aromatic N) is 1. The zero-order valence-corrected chi connectivity index (χ0v) is 46.5. The second-order valence-corrected chi connectivity index (χ2v) is 27.4. The normalized spacial score (nSPS) is 15.8. The lowest BCUT2D eigenvalue weighted by Crippen LogP contribution is -2.37. The number of ketones is 2. The molecule has 14 rings (SSSR count). The van der Waals surface area contributed by atoms with E-state index in [9.17, 15) is 14.2 Å². The summed E-state index contributed by atoms with van der Waals surface area (Å²) in [7, 11) is -6.28. The predicted octanol–water partition coefficient (Wildman–Crippen LogP) is 14.5. The minimum absolute atomic E-state index is 0.0558. The molecule has 0 N–H and O–H groups in total. The highest BCUT2D eigenvalue weighted by Gasteiger charge is 2.43. The minimum Gasteiger partial charge on any atom is -0.310 e. The Bertz CT molecular complexity index is 3900. The van der Waals surface area contributed by atoms with Gasteiger partial charge >= 0.3 is 0 Å². The molecule has 77 heavy (non-hydrogen) atoms. The topological polar surface area (TPSA) is 71.5 Å². The largest absolute Gasteiger partial charge is 0.310 e. The number of halogens is 1. The number of anilines is 3. The molecule has 0 atom stereocenters. The minimum atomic E-state index is -3.24. The van der Waals surface area contributed by atoms with E-state index in [2.05, 4.69) is 158 Å². The molecule has 0 saturated carbocycles. The van der Waals surface area contributed by atoms with Gasteiger partial charge in [-0.05, 0) is 100 Å². The first kappa shape index (κ1) is 50.1. The molecule has 0 fully saturated rings. The molecule has 1 aliphatic carbocycles. The molecule has 5 nitrogen and oxygen atoms in total. The lowest BCUT2D eigenvalue weighted by Gasteiger charge is -2.42. The van der Waals surface area contributed by atoms with E-state index < -0.39 is 14.3 Å². The lowest BCUT2D eigenvalue weighted by atomic mass is 9.69. The van der Waals surface area contributed by atoms with Gasteiger partial charge in [0.2, 0.25) is 0 Å². The van der Waals surface area contributed by atoms with Crippen molar-refractivity contribution in [3.63, 3.8) is 0 Å². The van der Waals surface area contributed by atoms with E-state index in [1.54, 1.807) is 24.3 Å². The Labute approximate surface area is 459 Å². The summed E-state index contributed by atoms with van der Waals surface area (Å²) in [4.78, 5) is 28.3. The first-order valence-corrected chi connectivity index (χ1v) is 30.2. The zero-order valence-electron chi connectivity index (χ0n) is 43.2. The van der Waals surface area contributed by atoms with E-state index >= 15 is 4.57 Å². The van der Waals surface area contributed by atoms with Gasteiger partial charge in [0.1, 0.15) is 0 Å². The van der Waals surface area contributed by atoms with E-state index in [-0.39, 0.29) is 22.4 Å². The Morgan fingerprint density at radius 1 is 0.364 bits per heavy atom. The third kappa shape index (κ3) is 8.11. The predicted molar refractivity (Wildman–Crippen MR) is 321 cm³/mol. The SMILES string of the molecule is CC1(C)c2ccccc2Cc2ccccc21.CC1(C)c2ccccc2N(c2ccc(P3(=O)c4ccccc4C(=O)c4ccccc43)cc2)c2ccccc21.O=C1c2ccccc2P(=O)(c2ccc(Br)cc2)c2ccccc21. The van der Waals surface area contributed by atoms with Crippen molar-refractivity contribution in [2.24, 2.45) is 0 Å². The third-order valence-electron chi connectivity index (χ3n) is 16.0. The molecule has 4 aliphatic rings. The van der Waals surface area contributed by atoms with Crippen molar-refractivity contribution in [3.05, 3.63) is 303 Å². The van der Waals surface area contributed by atoms with Gasteiger partial charge in [-0.15, -0.1) is 0 Å². The highest BCUT2D eigenvalue weighted by molar-refractivity contribution is 9.10. The van der Waals surface area contributed by atoms with Crippen LogP contribution in [0.3, 0.4) is 0 Å². The molecule has 10 aromatic carbocycles. The fraction of sp³-hybridized carbons (Fsp3) is 0.101. The van der Waals surface area contributed by atoms with Crippen molar-refractivity contribution in [2.75, 3.05) is 4.90 Å². The van der Waals surface area contributed by atoms with E-state index in [0.717, 1.165) is 38.6 Å². The van der Waals surface area contributed by atoms with Crippen LogP contribution in [0.2, 0.25) is 0 Å². The van der Waals surface area contributed by atoms with Crippen LogP contribution in [-0.2, 0) is 26.4 Å². The second kappa shape index (κ2) is 19.4. The molecule has 0 aromatic heterocycles. The van der Waals surface area contributed by atoms with Crippen molar-refractivity contribution in [3.8, 4) is 0 Å². The Hall–Kier alpha value is -7.72. The van der Waals surface area contributed by atoms with Gasteiger partial charge < -0.3 is 14.0 Å². The summed E-state index contributed by atoms with van der Waals surface area (Å²) >= 11 is 3.42. The molecule has 8 heteroatoms. The Kier molecular flexibility index (Phi) is 12.6. The van der Waals surface area contributed by atoms with Gasteiger partial charge in [0.05, 0.1) is 11.4 Å². The van der Waals surface area contributed by atoms with Crippen molar-refractivity contribution in [2.45, 2.75) is 44.9 Å². The molecule has 0 unspecified atom stereocenters. The molecule has 3 aliphatic heterocycles. The second-order valence-electron chi connectivity index (χ2n) is 21.0. The molecule has 10 aromatic rings. The van der Waals surface area contributed by atoms with Crippen LogP contribution in [0.5, 0.6) is 0 Å². The molecular formula is C69H54BrNO4P2. The summed E-state index contributed by atoms with van der Waals surface area (Å²) in [6.45, 7) is 9.19. The average Bonchev–Trinajstić information content (AvgIpc) is 3.53. The van der Waals surface area contributed by atoms with Gasteiger partial charge in [-0.25, -0.2) is 0 Å². The van der Waals surface area contributed by atoms with Crippen molar-refractivity contribution >= 4 is 90.7 Å². The average molecular weight is 1100 g/mol. The highest BCUT2D eigenvalue weighted by atomic mass is 79.9. The number of benzene rings is 10. The van der Waals surface area contributed by atoms with Gasteiger partial charge in [-0.1, -0.05) is 226 Å². The van der Waals surface area contributed by atoms with Crippen LogP contribution >= 0.6 is 30.2 Å². The number of hydrogen-bond acceptors (Lipinski definition) is 5. The Morgan fingerprint density at radius 3 is 1.05 bits per heavy atom. The first-order chi connectivity index (χ1) is 37.2. The Morgan fingerprint density at radius 2 is 0.662 bits per heavy atom. The van der Waals surface area contributed by atoms with E-state index in [0.29, 0.717) is 43.5 Å². The van der Waals surface area contributed by atoms with Crippen LogP contribution in [0.15, 0.2) is 247 Å². The summed E-state index contributed by atoms with van der Waals surface area (Å²) in [6.07, 6.45) is 1.08. The van der Waals surface area contributed by atoms with Crippen LogP contribution in [-0.4, -0.2) is 11.6 Å². The Balaban J connectivity index is 0.000000129. The molecule has 3 heterocycles. The highest BCUT2D eigenvalue weighted by Crippen LogP contribution is 2.53. The third-order valence-corrected chi connectivity index (χ3v) is 22.9. The standard InChI is InChI=1S/C34H26NO2P.C19H12BrO2P.C16H16/c1-34(2)27-13-5-7-15-29(27)35(30-16-8-6-14-28(30)34)23-19-21-24(22-20-23)38(37)31-17-9-3-11-25(31)33(36)26-12-4-10-18-32(26)38;20-13-9-11-14(12-10-13)23(22)17-7-3-1-5-15(17)19(21)16-6-2-4-8-18(16)23;1-16(2)14-9-5-3-7-12(14)11-13-8-4-6-10-15(13)16/h3-22H,1-2H3;1-12H;3-10H,11H2,1-2H3. The smallest absolute Gasteiger partial charge is 0.194 e. The molecule has 0 bridgehead atoms. The zero-order chi connectivity index (χ0) is 53.3. The summed E-state index contributed by atoms with van der Waals surface area (Å²) in [5, 5.41) is 3.97. The molecule has 376 valence electrons. The molecule has 0 spiro atoms. The van der Waals surface area contributed by atoms with Crippen LogP contribution in [0, 0.1) is 0 Å². The van der Waals surface area contributed by atoms with Crippen molar-refractivity contribution in [1.29, 1.82) is 0 Å². The van der Waals surface area contributed by atoms with Crippen LogP contribution < -0.4 is 36.7 Å². The van der Waals surface area contributed by atoms with Crippen LogP contribution in [0.25, 0.3) is 0 Å². The number of rotatable bonds is 3. The number of fused-ring (bicyclic) bond motifs is 8. The van der Waals surface area contributed by atoms with Gasteiger partial charge in [-0.3, -0.25) is 9.59 Å². The summed E-state index contributed by atoms with van der Waals surface area (Å²) < 4.78 is 30.1. The summed E-state index contributed by atoms with van der Waals surface area (Å²) in [6, 6.07) is 79.4. The molecular weight excluding hydrogens is 1050 g/mol. The monoisotopic (exact) mass is 1100 g/mol. The summed E-state index contributed by atoms with van der Waals surface area (Å²) in [5.74, 6) is -0.122. The maximum Gasteiger partial charge on any atom is 0.194 e. The molecule has 0 amide bonds. The maximum absolute atomic E-state index is 15.0. The molecule has 0 radical (unpaired) electrons. The summed E-state index contributed by atoms with van der Waals surface area (Å²) in [5.41, 5.74) is 13.9. The quantitative estimate of drug-likeness (QED) is 0.165. The van der Waals surface area contributed by atoms with Gasteiger partial charge in [0, 0.05) is 75.1 Å². The van der Waals surface area contributed by atoms with E-state index in [4.69, 9.17) is 0 Å². The van der Waals surface area contributed by atoms with E-state index in [1.165, 1.54) is 33.4 Å². The number of hydrogen-bond donors (Lipinski definition) is 0. The lowest BCUT2D eigenvalue weighted by molar-refractivity contribution is 0.103. The van der Waals surface area contributed by atoms with E-state index in [1.807, 2.05) is 109 Å². The van der Waals surface area contributed by atoms with Gasteiger partial charge in [-0.2, -0.15) is 0 Å². The first-order valence-electron chi connectivity index (χ1n) is 25.9. The molecule has 0 saturated heterocycles. The van der Waals surface area contributed by atoms with Crippen molar-refractivity contribution < 1.29 is 18.7 Å². The van der Waals surface area contributed by atoms with Crippen LogP contribution in [0.4, 0.5) is 17.1 Å². The maximum atomic E-state index is 15.0. The fourth-order valence-electron chi connectivity index (χ4n) is 12.2. The van der Waals surface area contributed by atoms with Crippen molar-refractivity contribution in [1.82, 2.24) is 0 Å².